The maximum atomic E-state index is 13.2. The number of benzene rings is 1. The molecule has 0 aliphatic heterocycles. The Morgan fingerprint density at radius 3 is 2.63 bits per heavy atom. The number of nitrogens with one attached hydrogen (secondary N) is 1. The van der Waals surface area contributed by atoms with Gasteiger partial charge in [-0.1, -0.05) is 36.3 Å². The fourth-order valence-corrected chi connectivity index (χ4v) is 4.56. The van der Waals surface area contributed by atoms with Crippen molar-refractivity contribution >= 4 is 20.9 Å². The van der Waals surface area contributed by atoms with Crippen LogP contribution in [-0.2, 0) is 15.8 Å². The molecule has 0 aliphatic rings. The second-order valence-corrected chi connectivity index (χ2v) is 9.31. The van der Waals surface area contributed by atoms with Crippen LogP contribution in [0, 0.1) is 11.8 Å². The molecule has 0 unspecified atom stereocenters. The number of fused-ring (bicyclic) bond motifs is 1. The molecule has 0 atom stereocenters. The average molecular weight is 420 g/mol. The molecule has 0 saturated heterocycles. The monoisotopic (exact) mass is 420 g/mol. The molecule has 3 aromatic heterocycles. The standard InChI is InChI=1S/C22H20N4O3S/c1-22(2,27)9-8-18-10-19-20(17-11-24-25-12-17)14-26(21(19)13-23-18)30(28,29)15-16-6-4-3-5-7-16/h3-7,10-14,27H,15H2,1-2H3,(H,24,25). The molecule has 0 fully saturated rings. The Labute approximate surface area is 174 Å². The number of hydrogen-bond acceptors (Lipinski definition) is 5. The summed E-state index contributed by atoms with van der Waals surface area (Å²) in [4.78, 5) is 4.29. The van der Waals surface area contributed by atoms with E-state index in [-0.39, 0.29) is 5.75 Å². The van der Waals surface area contributed by atoms with Crippen LogP contribution in [0.5, 0.6) is 0 Å². The minimum atomic E-state index is -3.69. The van der Waals surface area contributed by atoms with Crippen molar-refractivity contribution in [3.05, 3.63) is 72.4 Å². The van der Waals surface area contributed by atoms with Crippen molar-refractivity contribution in [3.63, 3.8) is 0 Å². The predicted molar refractivity (Wildman–Crippen MR) is 115 cm³/mol. The molecule has 4 aromatic rings. The largest absolute Gasteiger partial charge is 0.378 e. The van der Waals surface area contributed by atoms with E-state index in [9.17, 15) is 13.5 Å². The molecular formula is C22H20N4O3S. The fraction of sp³-hybridized carbons (Fsp3) is 0.182. The summed E-state index contributed by atoms with van der Waals surface area (Å²) in [7, 11) is -3.69. The van der Waals surface area contributed by atoms with E-state index in [1.165, 1.54) is 10.2 Å². The first-order chi connectivity index (χ1) is 14.2. The van der Waals surface area contributed by atoms with Gasteiger partial charge in [0.25, 0.3) is 0 Å². The molecule has 4 rings (SSSR count). The van der Waals surface area contributed by atoms with Crippen LogP contribution >= 0.6 is 0 Å². The third-order valence-corrected chi connectivity index (χ3v) is 6.05. The average Bonchev–Trinajstić information content (AvgIpc) is 3.34. The van der Waals surface area contributed by atoms with E-state index in [1.807, 2.05) is 18.2 Å². The van der Waals surface area contributed by atoms with E-state index in [4.69, 9.17) is 0 Å². The molecule has 30 heavy (non-hydrogen) atoms. The van der Waals surface area contributed by atoms with E-state index >= 15 is 0 Å². The molecule has 3 heterocycles. The number of aromatic nitrogens is 4. The maximum Gasteiger partial charge on any atom is 0.243 e. The van der Waals surface area contributed by atoms with Gasteiger partial charge < -0.3 is 5.11 Å². The molecule has 0 saturated carbocycles. The summed E-state index contributed by atoms with van der Waals surface area (Å²) >= 11 is 0. The van der Waals surface area contributed by atoms with Crippen LogP contribution in [0.25, 0.3) is 22.0 Å². The molecule has 7 nitrogen and oxygen atoms in total. The molecule has 152 valence electrons. The van der Waals surface area contributed by atoms with Gasteiger partial charge in [0.1, 0.15) is 11.3 Å². The highest BCUT2D eigenvalue weighted by molar-refractivity contribution is 7.89. The van der Waals surface area contributed by atoms with Crippen molar-refractivity contribution in [2.24, 2.45) is 0 Å². The summed E-state index contributed by atoms with van der Waals surface area (Å²) in [5.74, 6) is 5.43. The molecule has 1 aromatic carbocycles. The first-order valence-electron chi connectivity index (χ1n) is 9.26. The van der Waals surface area contributed by atoms with Crippen LogP contribution in [0.3, 0.4) is 0 Å². The van der Waals surface area contributed by atoms with Crippen molar-refractivity contribution in [1.82, 2.24) is 19.2 Å². The predicted octanol–water partition coefficient (Wildman–Crippen LogP) is 2.93. The van der Waals surface area contributed by atoms with Crippen molar-refractivity contribution in [2.45, 2.75) is 25.2 Å². The number of H-pyrrole nitrogens is 1. The summed E-state index contributed by atoms with van der Waals surface area (Å²) in [6, 6.07) is 10.8. The van der Waals surface area contributed by atoms with Gasteiger partial charge in [0.05, 0.1) is 23.7 Å². The fourth-order valence-electron chi connectivity index (χ4n) is 3.09. The van der Waals surface area contributed by atoms with Gasteiger partial charge in [0, 0.05) is 28.9 Å². The summed E-state index contributed by atoms with van der Waals surface area (Å²) in [5, 5.41) is 17.3. The molecule has 0 amide bonds. The minimum Gasteiger partial charge on any atom is -0.378 e. The molecule has 8 heteroatoms. The highest BCUT2D eigenvalue weighted by Gasteiger charge is 2.21. The number of pyridine rings is 1. The quantitative estimate of drug-likeness (QED) is 0.495. The number of aromatic amines is 1. The topological polar surface area (TPSA) is 101 Å². The van der Waals surface area contributed by atoms with Gasteiger partial charge in [-0.2, -0.15) is 5.10 Å². The first-order valence-corrected chi connectivity index (χ1v) is 10.9. The summed E-state index contributed by atoms with van der Waals surface area (Å²) < 4.78 is 27.6. The van der Waals surface area contributed by atoms with Crippen LogP contribution in [-0.4, -0.2) is 38.3 Å². The Morgan fingerprint density at radius 1 is 1.20 bits per heavy atom. The van der Waals surface area contributed by atoms with Gasteiger partial charge >= 0.3 is 0 Å². The van der Waals surface area contributed by atoms with E-state index in [0.717, 1.165) is 5.56 Å². The lowest BCUT2D eigenvalue weighted by molar-refractivity contribution is 0.143. The SMILES string of the molecule is CC(C)(O)C#Cc1cc2c(-c3cn[nH]c3)cn(S(=O)(=O)Cc3ccccc3)c2cn1. The maximum absolute atomic E-state index is 13.2. The lowest BCUT2D eigenvalue weighted by atomic mass is 10.1. The van der Waals surface area contributed by atoms with E-state index in [1.54, 1.807) is 50.6 Å². The molecule has 0 spiro atoms. The zero-order valence-electron chi connectivity index (χ0n) is 16.5. The van der Waals surface area contributed by atoms with Crippen LogP contribution in [0.4, 0.5) is 0 Å². The van der Waals surface area contributed by atoms with Gasteiger partial charge in [-0.15, -0.1) is 0 Å². The zero-order valence-corrected chi connectivity index (χ0v) is 17.3. The first kappa shape index (κ1) is 19.9. The Hall–Kier alpha value is -3.41. The second kappa shape index (κ2) is 7.44. The molecule has 0 radical (unpaired) electrons. The van der Waals surface area contributed by atoms with Gasteiger partial charge in [-0.3, -0.25) is 5.10 Å². The molecule has 0 bridgehead atoms. The zero-order chi connectivity index (χ0) is 21.4. The third kappa shape index (κ3) is 4.13. The van der Waals surface area contributed by atoms with Crippen molar-refractivity contribution in [2.75, 3.05) is 0 Å². The Bertz CT molecular complexity index is 1360. The minimum absolute atomic E-state index is 0.136. The smallest absolute Gasteiger partial charge is 0.243 e. The lowest BCUT2D eigenvalue weighted by Crippen LogP contribution is -2.14. The molecule has 0 aliphatic carbocycles. The van der Waals surface area contributed by atoms with E-state index < -0.39 is 15.6 Å². The number of aliphatic hydroxyl groups is 1. The van der Waals surface area contributed by atoms with Crippen molar-refractivity contribution in [3.8, 4) is 23.0 Å². The van der Waals surface area contributed by atoms with Crippen molar-refractivity contribution < 1.29 is 13.5 Å². The highest BCUT2D eigenvalue weighted by atomic mass is 32.2. The Balaban J connectivity index is 1.87. The summed E-state index contributed by atoms with van der Waals surface area (Å²) in [5.41, 5.74) is 1.88. The Kier molecular flexibility index (Phi) is 4.94. The molecule has 2 N–H and O–H groups in total. The molecular weight excluding hydrogens is 400 g/mol. The number of rotatable bonds is 4. The summed E-state index contributed by atoms with van der Waals surface area (Å²) in [6.45, 7) is 3.17. The van der Waals surface area contributed by atoms with Crippen LogP contribution in [0.1, 0.15) is 25.1 Å². The number of nitrogens with zero attached hydrogens (tertiary/aromatic N) is 3. The van der Waals surface area contributed by atoms with Gasteiger partial charge in [0.15, 0.2) is 0 Å². The lowest BCUT2D eigenvalue weighted by Gasteiger charge is -2.07. The van der Waals surface area contributed by atoms with E-state index in [0.29, 0.717) is 27.7 Å². The van der Waals surface area contributed by atoms with Crippen molar-refractivity contribution in [1.29, 1.82) is 0 Å². The van der Waals surface area contributed by atoms with Crippen LogP contribution < -0.4 is 0 Å². The van der Waals surface area contributed by atoms with Gasteiger partial charge in [-0.05, 0) is 31.4 Å². The third-order valence-electron chi connectivity index (χ3n) is 4.45. The van der Waals surface area contributed by atoms with Crippen LogP contribution in [0.2, 0.25) is 0 Å². The highest BCUT2D eigenvalue weighted by Crippen LogP contribution is 2.32. The summed E-state index contributed by atoms with van der Waals surface area (Å²) in [6.07, 6.45) is 6.41. The van der Waals surface area contributed by atoms with E-state index in [2.05, 4.69) is 27.0 Å². The number of hydrogen-bond donors (Lipinski definition) is 2. The second-order valence-electron chi connectivity index (χ2n) is 7.46. The van der Waals surface area contributed by atoms with Gasteiger partial charge in [-0.25, -0.2) is 17.4 Å². The normalized spacial score (nSPS) is 12.0. The van der Waals surface area contributed by atoms with Gasteiger partial charge in [0.2, 0.25) is 10.0 Å². The van der Waals surface area contributed by atoms with Crippen LogP contribution in [0.15, 0.2) is 61.2 Å². The Morgan fingerprint density at radius 2 is 1.97 bits per heavy atom.